The molecule has 0 aliphatic carbocycles. The maximum atomic E-state index is 13.4. The zero-order valence-corrected chi connectivity index (χ0v) is 9.13. The molecular formula is C11H9ClFNO2. The zero-order valence-electron chi connectivity index (χ0n) is 8.37. The monoisotopic (exact) mass is 241 g/mol. The van der Waals surface area contributed by atoms with Crippen molar-refractivity contribution in [3.8, 4) is 0 Å². The molecule has 1 aromatic carbocycles. The minimum absolute atomic E-state index is 0.0451. The van der Waals surface area contributed by atoms with Crippen LogP contribution in [0.15, 0.2) is 18.2 Å². The summed E-state index contributed by atoms with van der Waals surface area (Å²) >= 11 is 5.83. The Bertz CT molecular complexity index is 441. The van der Waals surface area contributed by atoms with Crippen LogP contribution in [0.2, 0.25) is 5.02 Å². The van der Waals surface area contributed by atoms with E-state index in [0.29, 0.717) is 0 Å². The highest BCUT2D eigenvalue weighted by molar-refractivity contribution is 6.31. The molecule has 0 radical (unpaired) electrons. The molecule has 0 aromatic heterocycles. The molecule has 0 saturated carbocycles. The summed E-state index contributed by atoms with van der Waals surface area (Å²) in [7, 11) is 0. The number of amides is 1. The second-order valence-corrected chi connectivity index (χ2v) is 4.07. The highest BCUT2D eigenvalue weighted by atomic mass is 35.5. The molecule has 0 N–H and O–H groups in total. The molecule has 1 aliphatic heterocycles. The lowest BCUT2D eigenvalue weighted by Gasteiger charge is -2.15. The van der Waals surface area contributed by atoms with Gasteiger partial charge in [0.2, 0.25) is 5.91 Å². The van der Waals surface area contributed by atoms with Gasteiger partial charge in [0, 0.05) is 10.6 Å². The predicted molar refractivity (Wildman–Crippen MR) is 56.5 cm³/mol. The standard InChI is InChI=1S/C11H9ClFNO2/c12-9-2-1-3-10(13)8(9)6-14-5-7(15)4-11(14)16/h1-3H,4-6H2. The minimum Gasteiger partial charge on any atom is -0.330 e. The average molecular weight is 242 g/mol. The van der Waals surface area contributed by atoms with Crippen LogP contribution < -0.4 is 0 Å². The third-order valence-corrected chi connectivity index (χ3v) is 2.83. The average Bonchev–Trinajstić information content (AvgIpc) is 2.51. The summed E-state index contributed by atoms with van der Waals surface area (Å²) in [5.74, 6) is -0.874. The summed E-state index contributed by atoms with van der Waals surface area (Å²) in [4.78, 5) is 23.7. The van der Waals surface area contributed by atoms with E-state index in [1.165, 1.54) is 17.0 Å². The molecule has 0 unspecified atom stereocenters. The van der Waals surface area contributed by atoms with Crippen molar-refractivity contribution in [2.45, 2.75) is 13.0 Å². The molecule has 0 atom stereocenters. The molecular weight excluding hydrogens is 233 g/mol. The van der Waals surface area contributed by atoms with E-state index in [1.807, 2.05) is 0 Å². The third kappa shape index (κ3) is 2.07. The number of ketones is 1. The molecule has 1 aromatic rings. The number of nitrogens with zero attached hydrogens (tertiary/aromatic N) is 1. The molecule has 16 heavy (non-hydrogen) atoms. The number of Topliss-reactive ketones (excluding diaryl/α,β-unsaturated/α-hetero) is 1. The summed E-state index contributed by atoms with van der Waals surface area (Å²) in [6.45, 7) is 0.0968. The van der Waals surface area contributed by atoms with Crippen LogP contribution in [0.1, 0.15) is 12.0 Å². The van der Waals surface area contributed by atoms with Crippen molar-refractivity contribution in [1.29, 1.82) is 0 Å². The normalized spacial score (nSPS) is 16.0. The maximum Gasteiger partial charge on any atom is 0.230 e. The van der Waals surface area contributed by atoms with Gasteiger partial charge in [0.25, 0.3) is 0 Å². The quantitative estimate of drug-likeness (QED) is 0.741. The molecule has 1 aliphatic rings. The van der Waals surface area contributed by atoms with Crippen molar-refractivity contribution in [3.05, 3.63) is 34.6 Å². The Morgan fingerprint density at radius 3 is 2.69 bits per heavy atom. The van der Waals surface area contributed by atoms with Gasteiger partial charge in [0.05, 0.1) is 19.5 Å². The lowest BCUT2D eigenvalue weighted by atomic mass is 10.2. The number of carbonyl (C=O) groups excluding carboxylic acids is 2. The van der Waals surface area contributed by atoms with Gasteiger partial charge < -0.3 is 4.90 Å². The highest BCUT2D eigenvalue weighted by Crippen LogP contribution is 2.22. The van der Waals surface area contributed by atoms with Crippen LogP contribution >= 0.6 is 11.6 Å². The van der Waals surface area contributed by atoms with Crippen molar-refractivity contribution in [2.75, 3.05) is 6.54 Å². The van der Waals surface area contributed by atoms with Crippen LogP contribution in [-0.2, 0) is 16.1 Å². The highest BCUT2D eigenvalue weighted by Gasteiger charge is 2.28. The number of hydrogen-bond acceptors (Lipinski definition) is 2. The summed E-state index contributed by atoms with van der Waals surface area (Å²) in [5.41, 5.74) is 0.257. The van der Waals surface area contributed by atoms with Crippen LogP contribution in [-0.4, -0.2) is 23.1 Å². The first-order chi connectivity index (χ1) is 7.58. The first-order valence-electron chi connectivity index (χ1n) is 4.80. The number of rotatable bonds is 2. The van der Waals surface area contributed by atoms with Crippen molar-refractivity contribution >= 4 is 23.3 Å². The van der Waals surface area contributed by atoms with Crippen LogP contribution in [0.3, 0.4) is 0 Å². The van der Waals surface area contributed by atoms with Gasteiger partial charge in [-0.25, -0.2) is 4.39 Å². The Morgan fingerprint density at radius 2 is 2.12 bits per heavy atom. The topological polar surface area (TPSA) is 37.4 Å². The molecule has 1 amide bonds. The maximum absolute atomic E-state index is 13.4. The van der Waals surface area contributed by atoms with Crippen LogP contribution in [0.4, 0.5) is 4.39 Å². The Hall–Kier alpha value is -1.42. The second kappa shape index (κ2) is 4.22. The molecule has 1 heterocycles. The zero-order chi connectivity index (χ0) is 11.7. The fraction of sp³-hybridized carbons (Fsp3) is 0.273. The van der Waals surface area contributed by atoms with Gasteiger partial charge in [0.1, 0.15) is 5.82 Å². The van der Waals surface area contributed by atoms with Crippen molar-refractivity contribution < 1.29 is 14.0 Å². The Balaban J connectivity index is 2.21. The molecule has 1 fully saturated rings. The largest absolute Gasteiger partial charge is 0.330 e. The summed E-state index contributed by atoms with van der Waals surface area (Å²) < 4.78 is 13.4. The second-order valence-electron chi connectivity index (χ2n) is 3.67. The molecule has 84 valence electrons. The van der Waals surface area contributed by atoms with E-state index >= 15 is 0 Å². The van der Waals surface area contributed by atoms with Crippen LogP contribution in [0, 0.1) is 5.82 Å². The van der Waals surface area contributed by atoms with Crippen LogP contribution in [0.25, 0.3) is 0 Å². The predicted octanol–water partition coefficient (Wildman–Crippen LogP) is 1.78. The smallest absolute Gasteiger partial charge is 0.230 e. The third-order valence-electron chi connectivity index (χ3n) is 2.48. The van der Waals surface area contributed by atoms with Gasteiger partial charge in [-0.15, -0.1) is 0 Å². The summed E-state index contributed by atoms with van der Waals surface area (Å²) in [6, 6.07) is 4.34. The molecule has 0 bridgehead atoms. The van der Waals surface area contributed by atoms with Gasteiger partial charge in [-0.1, -0.05) is 17.7 Å². The summed E-state index contributed by atoms with van der Waals surface area (Å²) in [5, 5.41) is 0.271. The van der Waals surface area contributed by atoms with E-state index in [-0.39, 0.29) is 41.8 Å². The Kier molecular flexibility index (Phi) is 2.92. The van der Waals surface area contributed by atoms with Crippen molar-refractivity contribution in [3.63, 3.8) is 0 Å². The number of halogens is 2. The van der Waals surface area contributed by atoms with Gasteiger partial charge in [0.15, 0.2) is 5.78 Å². The molecule has 5 heteroatoms. The first-order valence-corrected chi connectivity index (χ1v) is 5.18. The fourth-order valence-corrected chi connectivity index (χ4v) is 1.88. The van der Waals surface area contributed by atoms with E-state index in [2.05, 4.69) is 0 Å². The van der Waals surface area contributed by atoms with E-state index in [9.17, 15) is 14.0 Å². The lowest BCUT2D eigenvalue weighted by molar-refractivity contribution is -0.128. The SMILES string of the molecule is O=C1CC(=O)N(Cc2c(F)cccc2Cl)C1. The van der Waals surface area contributed by atoms with Gasteiger partial charge in [-0.3, -0.25) is 9.59 Å². The molecule has 2 rings (SSSR count). The van der Waals surface area contributed by atoms with Gasteiger partial charge in [-0.05, 0) is 12.1 Å². The van der Waals surface area contributed by atoms with E-state index in [4.69, 9.17) is 11.6 Å². The van der Waals surface area contributed by atoms with Gasteiger partial charge in [-0.2, -0.15) is 0 Å². The number of likely N-dealkylation sites (tertiary alicyclic amines) is 1. The number of hydrogen-bond donors (Lipinski definition) is 0. The number of carbonyl (C=O) groups is 2. The molecule has 0 spiro atoms. The fourth-order valence-electron chi connectivity index (χ4n) is 1.66. The Labute approximate surface area is 96.8 Å². The van der Waals surface area contributed by atoms with E-state index in [0.717, 1.165) is 0 Å². The van der Waals surface area contributed by atoms with Crippen LogP contribution in [0.5, 0.6) is 0 Å². The molecule has 1 saturated heterocycles. The van der Waals surface area contributed by atoms with E-state index < -0.39 is 5.82 Å². The first kappa shape index (κ1) is 11.1. The van der Waals surface area contributed by atoms with E-state index in [1.54, 1.807) is 6.07 Å². The minimum atomic E-state index is -0.459. The number of benzene rings is 1. The van der Waals surface area contributed by atoms with Crippen molar-refractivity contribution in [1.82, 2.24) is 4.90 Å². The molecule has 3 nitrogen and oxygen atoms in total. The Morgan fingerprint density at radius 1 is 1.38 bits per heavy atom. The summed E-state index contributed by atoms with van der Waals surface area (Å²) in [6.07, 6.45) is -0.0912. The van der Waals surface area contributed by atoms with Crippen molar-refractivity contribution in [2.24, 2.45) is 0 Å². The lowest BCUT2D eigenvalue weighted by Crippen LogP contribution is -2.25. The van der Waals surface area contributed by atoms with Gasteiger partial charge >= 0.3 is 0 Å².